The first-order valence-corrected chi connectivity index (χ1v) is 5.29. The molecule has 0 saturated heterocycles. The van der Waals surface area contributed by atoms with Crippen LogP contribution in [0, 0.1) is 0 Å². The Morgan fingerprint density at radius 1 is 1.50 bits per heavy atom. The van der Waals surface area contributed by atoms with E-state index >= 15 is 0 Å². The summed E-state index contributed by atoms with van der Waals surface area (Å²) in [6.45, 7) is 0. The van der Waals surface area contributed by atoms with Crippen molar-refractivity contribution in [3.63, 3.8) is 0 Å². The summed E-state index contributed by atoms with van der Waals surface area (Å²) in [6, 6.07) is 3.64. The summed E-state index contributed by atoms with van der Waals surface area (Å²) in [7, 11) is 0. The summed E-state index contributed by atoms with van der Waals surface area (Å²) in [5.41, 5.74) is 0. The van der Waals surface area contributed by atoms with Crippen LogP contribution in [0.4, 0.5) is 0 Å². The predicted octanol–water partition coefficient (Wildman–Crippen LogP) is 4.02. The molecule has 12 heavy (non-hydrogen) atoms. The molecule has 1 aromatic carbocycles. The number of phenolic OH excluding ortho intramolecular Hbond substituents is 1. The van der Waals surface area contributed by atoms with Crippen LogP contribution >= 0.6 is 38.9 Å². The van der Waals surface area contributed by atoms with Gasteiger partial charge >= 0.3 is 0 Å². The Hall–Kier alpha value is -0.250. The second-order valence-corrected chi connectivity index (χ2v) is 4.53. The van der Waals surface area contributed by atoms with Crippen molar-refractivity contribution in [1.82, 2.24) is 0 Å². The number of rotatable bonds is 0. The smallest absolute Gasteiger partial charge is 0.152 e. The monoisotopic (exact) mass is 262 g/mol. The van der Waals surface area contributed by atoms with Crippen molar-refractivity contribution in [2.45, 2.75) is 0 Å². The lowest BCUT2D eigenvalue weighted by Gasteiger charge is -1.99. The van der Waals surface area contributed by atoms with Gasteiger partial charge in [0.15, 0.2) is 5.75 Å². The molecule has 4 heteroatoms. The number of hydrogen-bond donors (Lipinski definition) is 1. The van der Waals surface area contributed by atoms with E-state index in [0.29, 0.717) is 5.02 Å². The molecule has 2 rings (SSSR count). The van der Waals surface area contributed by atoms with Crippen molar-refractivity contribution in [2.75, 3.05) is 0 Å². The van der Waals surface area contributed by atoms with Crippen LogP contribution in [-0.2, 0) is 0 Å². The molecule has 0 amide bonds. The molecule has 1 aromatic heterocycles. The second-order valence-electron chi connectivity index (χ2n) is 2.35. The van der Waals surface area contributed by atoms with Gasteiger partial charge in [-0.2, -0.15) is 0 Å². The van der Waals surface area contributed by atoms with Gasteiger partial charge in [0, 0.05) is 9.86 Å². The summed E-state index contributed by atoms with van der Waals surface area (Å²) in [5, 5.41) is 12.8. The third kappa shape index (κ3) is 1.13. The molecule has 2 aromatic rings. The highest BCUT2D eigenvalue weighted by Gasteiger charge is 2.08. The Bertz CT molecular complexity index is 438. The molecule has 0 atom stereocenters. The average Bonchev–Trinajstić information content (AvgIpc) is 2.48. The van der Waals surface area contributed by atoms with Crippen LogP contribution in [0.3, 0.4) is 0 Å². The van der Waals surface area contributed by atoms with Crippen LogP contribution in [0.25, 0.3) is 10.1 Å². The normalized spacial score (nSPS) is 10.8. The summed E-state index contributed by atoms with van der Waals surface area (Å²) >= 11 is 10.6. The highest BCUT2D eigenvalue weighted by molar-refractivity contribution is 9.10. The van der Waals surface area contributed by atoms with Crippen molar-refractivity contribution < 1.29 is 5.11 Å². The molecule has 1 N–H and O–H groups in total. The number of hydrogen-bond acceptors (Lipinski definition) is 2. The Morgan fingerprint density at radius 2 is 2.25 bits per heavy atom. The number of phenols is 1. The fraction of sp³-hybridized carbons (Fsp3) is 0. The molecule has 0 aliphatic rings. The minimum atomic E-state index is 0.171. The Kier molecular flexibility index (Phi) is 2.02. The van der Waals surface area contributed by atoms with Crippen LogP contribution in [0.1, 0.15) is 0 Å². The zero-order chi connectivity index (χ0) is 8.72. The van der Waals surface area contributed by atoms with Gasteiger partial charge in [-0.1, -0.05) is 27.5 Å². The van der Waals surface area contributed by atoms with Gasteiger partial charge < -0.3 is 5.11 Å². The fourth-order valence-electron chi connectivity index (χ4n) is 1.05. The van der Waals surface area contributed by atoms with Crippen molar-refractivity contribution in [3.05, 3.63) is 27.0 Å². The van der Waals surface area contributed by atoms with Gasteiger partial charge in [-0.15, -0.1) is 11.3 Å². The maximum Gasteiger partial charge on any atom is 0.152 e. The second kappa shape index (κ2) is 2.91. The summed E-state index contributed by atoms with van der Waals surface area (Å²) in [5.74, 6) is 0.171. The molecular weight excluding hydrogens is 260 g/mol. The molecule has 0 bridgehead atoms. The van der Waals surface area contributed by atoms with Crippen LogP contribution in [0.15, 0.2) is 22.0 Å². The fourth-order valence-corrected chi connectivity index (χ4v) is 3.00. The van der Waals surface area contributed by atoms with Crippen molar-refractivity contribution in [2.24, 2.45) is 0 Å². The minimum absolute atomic E-state index is 0.171. The van der Waals surface area contributed by atoms with E-state index in [-0.39, 0.29) is 5.75 Å². The number of fused-ring (bicyclic) bond motifs is 1. The maximum absolute atomic E-state index is 9.53. The lowest BCUT2D eigenvalue weighted by Crippen LogP contribution is -1.71. The zero-order valence-electron chi connectivity index (χ0n) is 5.84. The molecule has 0 unspecified atom stereocenters. The Morgan fingerprint density at radius 3 is 3.00 bits per heavy atom. The van der Waals surface area contributed by atoms with E-state index in [4.69, 9.17) is 11.6 Å². The predicted molar refractivity (Wildman–Crippen MR) is 56.2 cm³/mol. The lowest BCUT2D eigenvalue weighted by molar-refractivity contribution is 0.483. The third-order valence-corrected chi connectivity index (χ3v) is 3.48. The van der Waals surface area contributed by atoms with Crippen molar-refractivity contribution >= 4 is 49.0 Å². The quantitative estimate of drug-likeness (QED) is 0.761. The Labute approximate surface area is 86.7 Å². The molecule has 1 heterocycles. The van der Waals surface area contributed by atoms with E-state index < -0.39 is 0 Å². The van der Waals surface area contributed by atoms with Crippen LogP contribution in [0.2, 0.25) is 5.02 Å². The molecule has 0 spiro atoms. The highest BCUT2D eigenvalue weighted by Crippen LogP contribution is 2.40. The molecule has 0 saturated carbocycles. The molecule has 1 nitrogen and oxygen atoms in total. The van der Waals surface area contributed by atoms with Gasteiger partial charge in [0.05, 0.1) is 9.72 Å². The number of halogens is 2. The SMILES string of the molecule is Oc1c(Cl)cc(Br)c2ccsc12. The van der Waals surface area contributed by atoms with Crippen molar-refractivity contribution in [1.29, 1.82) is 0 Å². The molecule has 0 radical (unpaired) electrons. The van der Waals surface area contributed by atoms with Crippen molar-refractivity contribution in [3.8, 4) is 5.75 Å². The number of thiophene rings is 1. The summed E-state index contributed by atoms with van der Waals surface area (Å²) in [4.78, 5) is 0. The van der Waals surface area contributed by atoms with Crippen LogP contribution in [-0.4, -0.2) is 5.11 Å². The van der Waals surface area contributed by atoms with Crippen LogP contribution in [0.5, 0.6) is 5.75 Å². The van der Waals surface area contributed by atoms with Gasteiger partial charge in [0.2, 0.25) is 0 Å². The van der Waals surface area contributed by atoms with Gasteiger partial charge in [-0.3, -0.25) is 0 Å². The average molecular weight is 264 g/mol. The first-order chi connectivity index (χ1) is 5.70. The van der Waals surface area contributed by atoms with E-state index in [9.17, 15) is 5.11 Å². The van der Waals surface area contributed by atoms with E-state index in [1.165, 1.54) is 11.3 Å². The highest BCUT2D eigenvalue weighted by atomic mass is 79.9. The van der Waals surface area contributed by atoms with E-state index in [1.54, 1.807) is 6.07 Å². The Balaban J connectivity index is 2.97. The van der Waals surface area contributed by atoms with E-state index in [2.05, 4.69) is 15.9 Å². The van der Waals surface area contributed by atoms with Crippen LogP contribution < -0.4 is 0 Å². The lowest BCUT2D eigenvalue weighted by atomic mass is 10.2. The molecule has 0 aliphatic carbocycles. The van der Waals surface area contributed by atoms with Gasteiger partial charge in [0.25, 0.3) is 0 Å². The van der Waals surface area contributed by atoms with E-state index in [1.807, 2.05) is 11.4 Å². The summed E-state index contributed by atoms with van der Waals surface area (Å²) < 4.78 is 1.75. The largest absolute Gasteiger partial charge is 0.505 e. The first kappa shape index (κ1) is 8.35. The van der Waals surface area contributed by atoms with E-state index in [0.717, 1.165) is 14.6 Å². The third-order valence-electron chi connectivity index (χ3n) is 1.62. The zero-order valence-corrected chi connectivity index (χ0v) is 9.00. The first-order valence-electron chi connectivity index (χ1n) is 3.24. The summed E-state index contributed by atoms with van der Waals surface area (Å²) in [6.07, 6.45) is 0. The minimum Gasteiger partial charge on any atom is -0.505 e. The molecular formula is C8H4BrClOS. The molecule has 62 valence electrons. The topological polar surface area (TPSA) is 20.2 Å². The number of benzene rings is 1. The van der Waals surface area contributed by atoms with Gasteiger partial charge in [0.1, 0.15) is 0 Å². The molecule has 0 fully saturated rings. The van der Waals surface area contributed by atoms with Gasteiger partial charge in [-0.25, -0.2) is 0 Å². The molecule has 0 aliphatic heterocycles. The standard InChI is InChI=1S/C8H4BrClOS/c9-5-3-6(10)7(11)8-4(5)1-2-12-8/h1-3,11H. The van der Waals surface area contributed by atoms with Gasteiger partial charge in [-0.05, 0) is 17.5 Å². The maximum atomic E-state index is 9.53. The number of aromatic hydroxyl groups is 1.